The zero-order valence-corrected chi connectivity index (χ0v) is 18.6. The molecule has 1 spiro atoms. The number of thiophene rings is 1. The van der Waals surface area contributed by atoms with Gasteiger partial charge in [-0.3, -0.25) is 0 Å². The topological polar surface area (TPSA) is 55.4 Å². The van der Waals surface area contributed by atoms with Crippen LogP contribution in [0.5, 0.6) is 0 Å². The molecule has 7 heteroatoms. The van der Waals surface area contributed by atoms with E-state index in [0.717, 1.165) is 48.8 Å². The molecular formula is C21H26ClNO3S2. The molecule has 1 fully saturated rings. The third-order valence-electron chi connectivity index (χ3n) is 5.97. The maximum absolute atomic E-state index is 12.0. The smallest absolute Gasteiger partial charge is 0.175 e. The van der Waals surface area contributed by atoms with Gasteiger partial charge in [0.25, 0.3) is 0 Å². The molecule has 1 aromatic heterocycles. The second-order valence-electron chi connectivity index (χ2n) is 8.17. The number of benzene rings is 1. The molecule has 3 atom stereocenters. The lowest BCUT2D eigenvalue weighted by molar-refractivity contribution is 0.0885. The fourth-order valence-corrected chi connectivity index (χ4v) is 6.99. The highest BCUT2D eigenvalue weighted by Crippen LogP contribution is 2.50. The molecule has 4 rings (SSSR count). The van der Waals surface area contributed by atoms with Gasteiger partial charge in [0, 0.05) is 35.2 Å². The highest BCUT2D eigenvalue weighted by Gasteiger charge is 2.43. The van der Waals surface area contributed by atoms with Gasteiger partial charge in [0.15, 0.2) is 9.84 Å². The van der Waals surface area contributed by atoms with Crippen molar-refractivity contribution in [2.24, 2.45) is 0 Å². The molecule has 3 heterocycles. The maximum Gasteiger partial charge on any atom is 0.175 e. The van der Waals surface area contributed by atoms with Gasteiger partial charge in [0.05, 0.1) is 15.8 Å². The minimum absolute atomic E-state index is 0.00396. The zero-order chi connectivity index (χ0) is 19.9. The van der Waals surface area contributed by atoms with Crippen LogP contribution in [0.1, 0.15) is 48.2 Å². The summed E-state index contributed by atoms with van der Waals surface area (Å²) in [5.74, 6) is 0. The lowest BCUT2D eigenvalue weighted by atomic mass is 9.68. The first-order chi connectivity index (χ1) is 13.3. The fourth-order valence-electron chi connectivity index (χ4n) is 4.78. The van der Waals surface area contributed by atoms with Crippen LogP contribution in [0.2, 0.25) is 4.34 Å². The molecule has 1 saturated heterocycles. The van der Waals surface area contributed by atoms with Crippen molar-refractivity contribution in [1.29, 1.82) is 0 Å². The number of sulfone groups is 1. The van der Waals surface area contributed by atoms with Crippen molar-refractivity contribution < 1.29 is 13.2 Å². The number of fused-ring (bicyclic) bond motifs is 2. The number of nitrogens with one attached hydrogen (secondary N) is 1. The number of rotatable bonds is 2. The Morgan fingerprint density at radius 1 is 1.25 bits per heavy atom. The Hall–Kier alpha value is -0.920. The molecule has 0 saturated carbocycles. The summed E-state index contributed by atoms with van der Waals surface area (Å²) in [5, 5.41) is 3.69. The Bertz CT molecular complexity index is 972. The number of halogens is 1. The highest BCUT2D eigenvalue weighted by molar-refractivity contribution is 7.90. The van der Waals surface area contributed by atoms with Crippen LogP contribution in [0.3, 0.4) is 0 Å². The van der Waals surface area contributed by atoms with E-state index in [1.807, 2.05) is 18.2 Å². The van der Waals surface area contributed by atoms with Crippen LogP contribution in [0.4, 0.5) is 0 Å². The van der Waals surface area contributed by atoms with Crippen LogP contribution in [0.25, 0.3) is 0 Å². The molecule has 28 heavy (non-hydrogen) atoms. The van der Waals surface area contributed by atoms with Crippen LogP contribution in [-0.2, 0) is 26.4 Å². The van der Waals surface area contributed by atoms with Crippen molar-refractivity contribution in [3.63, 3.8) is 0 Å². The zero-order valence-electron chi connectivity index (χ0n) is 16.2. The monoisotopic (exact) mass is 439 g/mol. The second-order valence-corrected chi connectivity index (χ2v) is 11.9. The van der Waals surface area contributed by atoms with Gasteiger partial charge in [-0.25, -0.2) is 8.42 Å². The van der Waals surface area contributed by atoms with Gasteiger partial charge in [-0.2, -0.15) is 0 Å². The first-order valence-corrected chi connectivity index (χ1v) is 12.8. The second kappa shape index (κ2) is 7.73. The Morgan fingerprint density at radius 3 is 2.86 bits per heavy atom. The van der Waals surface area contributed by atoms with E-state index in [-0.39, 0.29) is 11.5 Å². The summed E-state index contributed by atoms with van der Waals surface area (Å²) in [4.78, 5) is 1.78. The van der Waals surface area contributed by atoms with Crippen molar-refractivity contribution in [2.45, 2.75) is 55.0 Å². The molecule has 0 bridgehead atoms. The van der Waals surface area contributed by atoms with Crippen molar-refractivity contribution in [3.05, 3.63) is 50.7 Å². The van der Waals surface area contributed by atoms with Crippen molar-refractivity contribution in [2.75, 3.05) is 19.5 Å². The standard InChI is InChI=1S/C21H26ClNO3S2/c1-14-12-21(7-9-26-8-6-16-11-19(22)27-20(16)21)13-18(23-14)15-4-3-5-17(10-15)28(2,24)25/h3-5,10-11,14,18,23H,6-9,12-13H2,1-2H3. The number of ether oxygens (including phenoxy) is 1. The van der Waals surface area contributed by atoms with Crippen LogP contribution >= 0.6 is 22.9 Å². The van der Waals surface area contributed by atoms with Crippen molar-refractivity contribution in [3.8, 4) is 0 Å². The predicted octanol–water partition coefficient (Wildman–Crippen LogP) is 4.52. The summed E-state index contributed by atoms with van der Waals surface area (Å²) in [5.41, 5.74) is 2.35. The molecule has 1 aromatic carbocycles. The molecule has 1 N–H and O–H groups in total. The minimum Gasteiger partial charge on any atom is -0.381 e. The summed E-state index contributed by atoms with van der Waals surface area (Å²) < 4.78 is 30.8. The number of hydrogen-bond donors (Lipinski definition) is 1. The average Bonchev–Trinajstić information content (AvgIpc) is 3.00. The minimum atomic E-state index is -3.23. The van der Waals surface area contributed by atoms with E-state index < -0.39 is 9.84 Å². The van der Waals surface area contributed by atoms with Crippen LogP contribution in [0, 0.1) is 0 Å². The van der Waals surface area contributed by atoms with Crippen LogP contribution in [0.15, 0.2) is 35.2 Å². The van der Waals surface area contributed by atoms with E-state index in [0.29, 0.717) is 10.9 Å². The SMILES string of the molecule is CC1CC2(CCOCCc3cc(Cl)sc32)CC(c2cccc(S(C)(=O)=O)c2)N1. The Kier molecular flexibility index (Phi) is 5.62. The van der Waals surface area contributed by atoms with Gasteiger partial charge in [0.1, 0.15) is 0 Å². The van der Waals surface area contributed by atoms with Crippen LogP contribution < -0.4 is 5.32 Å². The number of hydrogen-bond acceptors (Lipinski definition) is 5. The third-order valence-corrected chi connectivity index (χ3v) is 8.63. The summed E-state index contributed by atoms with van der Waals surface area (Å²) in [6, 6.07) is 9.87. The summed E-state index contributed by atoms with van der Waals surface area (Å²) in [6.07, 6.45) is 5.07. The van der Waals surface area contributed by atoms with Gasteiger partial charge in [0.2, 0.25) is 0 Å². The lowest BCUT2D eigenvalue weighted by Gasteiger charge is -2.45. The Morgan fingerprint density at radius 2 is 2.07 bits per heavy atom. The Labute approximate surface area is 176 Å². The molecule has 2 aromatic rings. The molecule has 4 nitrogen and oxygen atoms in total. The molecule has 3 unspecified atom stereocenters. The van der Waals surface area contributed by atoms with E-state index >= 15 is 0 Å². The predicted molar refractivity (Wildman–Crippen MR) is 114 cm³/mol. The van der Waals surface area contributed by atoms with E-state index in [1.165, 1.54) is 16.7 Å². The first kappa shape index (κ1) is 20.4. The summed E-state index contributed by atoms with van der Waals surface area (Å²) in [6.45, 7) is 3.70. The van der Waals surface area contributed by atoms with Gasteiger partial charge in [-0.1, -0.05) is 23.7 Å². The molecule has 2 aliphatic heterocycles. The maximum atomic E-state index is 12.0. The van der Waals surface area contributed by atoms with Gasteiger partial charge in [-0.05, 0) is 61.9 Å². The lowest BCUT2D eigenvalue weighted by Crippen LogP contribution is -2.47. The van der Waals surface area contributed by atoms with E-state index in [9.17, 15) is 8.42 Å². The number of piperidine rings is 1. The van der Waals surface area contributed by atoms with E-state index in [2.05, 4.69) is 18.3 Å². The molecule has 0 amide bonds. The first-order valence-electron chi connectivity index (χ1n) is 9.69. The average molecular weight is 440 g/mol. The normalized spacial score (nSPS) is 28.5. The van der Waals surface area contributed by atoms with Gasteiger partial charge in [-0.15, -0.1) is 11.3 Å². The molecule has 0 aliphatic carbocycles. The summed E-state index contributed by atoms with van der Waals surface area (Å²) >= 11 is 8.13. The Balaban J connectivity index is 1.75. The molecule has 0 radical (unpaired) electrons. The quantitative estimate of drug-likeness (QED) is 0.747. The summed E-state index contributed by atoms with van der Waals surface area (Å²) in [7, 11) is -3.23. The van der Waals surface area contributed by atoms with Crippen LogP contribution in [-0.4, -0.2) is 33.9 Å². The van der Waals surface area contributed by atoms with Gasteiger partial charge < -0.3 is 10.1 Å². The van der Waals surface area contributed by atoms with Crippen molar-refractivity contribution in [1.82, 2.24) is 5.32 Å². The third kappa shape index (κ3) is 4.03. The van der Waals surface area contributed by atoms with E-state index in [4.69, 9.17) is 16.3 Å². The molecule has 2 aliphatic rings. The fraction of sp³-hybridized carbons (Fsp3) is 0.524. The largest absolute Gasteiger partial charge is 0.381 e. The van der Waals surface area contributed by atoms with E-state index in [1.54, 1.807) is 17.4 Å². The molecular weight excluding hydrogens is 414 g/mol. The highest BCUT2D eigenvalue weighted by atomic mass is 35.5. The molecule has 152 valence electrons. The van der Waals surface area contributed by atoms with Gasteiger partial charge >= 0.3 is 0 Å². The van der Waals surface area contributed by atoms with Crippen molar-refractivity contribution >= 4 is 32.8 Å².